The molecule has 1 aliphatic heterocycles. The van der Waals surface area contributed by atoms with E-state index < -0.39 is 9.84 Å². The Hall–Kier alpha value is -2.15. The van der Waals surface area contributed by atoms with Gasteiger partial charge in [-0.25, -0.2) is 18.4 Å². The molecule has 1 aromatic heterocycles. The lowest BCUT2D eigenvalue weighted by Crippen LogP contribution is -2.39. The van der Waals surface area contributed by atoms with E-state index >= 15 is 0 Å². The molecule has 1 unspecified atom stereocenters. The van der Waals surface area contributed by atoms with Crippen molar-refractivity contribution >= 4 is 21.5 Å². The highest BCUT2D eigenvalue weighted by atomic mass is 32.2. The second-order valence-corrected chi connectivity index (χ2v) is 9.41. The number of benzene rings is 1. The SMILES string of the molecule is CN(C)c1ccc(-c2ccnc(N3CCCC(CS(C)(=O)=O)C3)n2)cc1. The number of hydrogen-bond donors (Lipinski definition) is 0. The molecule has 0 bridgehead atoms. The molecular weight excluding hydrogens is 348 g/mol. The molecule has 0 spiro atoms. The predicted molar refractivity (Wildman–Crippen MR) is 106 cm³/mol. The zero-order chi connectivity index (χ0) is 18.7. The van der Waals surface area contributed by atoms with Crippen LogP contribution in [0.15, 0.2) is 36.5 Å². The van der Waals surface area contributed by atoms with Crippen molar-refractivity contribution in [3.05, 3.63) is 36.5 Å². The maximum Gasteiger partial charge on any atom is 0.225 e. The van der Waals surface area contributed by atoms with Gasteiger partial charge >= 0.3 is 0 Å². The largest absolute Gasteiger partial charge is 0.378 e. The summed E-state index contributed by atoms with van der Waals surface area (Å²) in [5, 5.41) is 0. The van der Waals surface area contributed by atoms with E-state index in [4.69, 9.17) is 4.98 Å². The van der Waals surface area contributed by atoms with Crippen molar-refractivity contribution in [3.8, 4) is 11.3 Å². The van der Waals surface area contributed by atoms with E-state index in [1.807, 2.05) is 20.2 Å². The van der Waals surface area contributed by atoms with Gasteiger partial charge in [-0.05, 0) is 37.0 Å². The monoisotopic (exact) mass is 374 g/mol. The lowest BCUT2D eigenvalue weighted by Gasteiger charge is -2.32. The van der Waals surface area contributed by atoms with Gasteiger partial charge in [0, 0.05) is 50.9 Å². The van der Waals surface area contributed by atoms with E-state index in [9.17, 15) is 8.42 Å². The minimum absolute atomic E-state index is 0.144. The van der Waals surface area contributed by atoms with Crippen LogP contribution in [0.1, 0.15) is 12.8 Å². The third kappa shape index (κ3) is 4.72. The number of hydrogen-bond acceptors (Lipinski definition) is 6. The van der Waals surface area contributed by atoms with Gasteiger partial charge in [0.2, 0.25) is 5.95 Å². The minimum Gasteiger partial charge on any atom is -0.378 e. The number of sulfone groups is 1. The minimum atomic E-state index is -2.96. The fourth-order valence-electron chi connectivity index (χ4n) is 3.40. The first-order valence-corrected chi connectivity index (χ1v) is 10.9. The lowest BCUT2D eigenvalue weighted by molar-refractivity contribution is 0.440. The molecule has 1 saturated heterocycles. The normalized spacial score (nSPS) is 18.0. The molecule has 26 heavy (non-hydrogen) atoms. The molecule has 1 fully saturated rings. The van der Waals surface area contributed by atoms with Crippen LogP contribution in [0.4, 0.5) is 11.6 Å². The molecule has 0 amide bonds. The molecule has 140 valence electrons. The summed E-state index contributed by atoms with van der Waals surface area (Å²) in [7, 11) is 1.07. The van der Waals surface area contributed by atoms with Crippen LogP contribution in [-0.4, -0.2) is 57.6 Å². The second-order valence-electron chi connectivity index (χ2n) is 7.23. The van der Waals surface area contributed by atoms with E-state index in [1.165, 1.54) is 6.26 Å². The maximum absolute atomic E-state index is 11.6. The molecular formula is C19H26N4O2S. The number of nitrogens with zero attached hydrogens (tertiary/aromatic N) is 4. The second kappa shape index (κ2) is 7.61. The van der Waals surface area contributed by atoms with Crippen molar-refractivity contribution in [2.24, 2.45) is 5.92 Å². The Morgan fingerprint density at radius 2 is 1.92 bits per heavy atom. The first kappa shape index (κ1) is 18.6. The molecule has 2 aromatic rings. The molecule has 1 aromatic carbocycles. The fourth-order valence-corrected chi connectivity index (χ4v) is 4.53. The van der Waals surface area contributed by atoms with Gasteiger partial charge in [0.15, 0.2) is 0 Å². The molecule has 0 N–H and O–H groups in total. The predicted octanol–water partition coefficient (Wildman–Crippen LogP) is 2.47. The topological polar surface area (TPSA) is 66.4 Å². The van der Waals surface area contributed by atoms with E-state index in [1.54, 1.807) is 6.20 Å². The fraction of sp³-hybridized carbons (Fsp3) is 0.474. The van der Waals surface area contributed by atoms with E-state index in [0.29, 0.717) is 12.5 Å². The summed E-state index contributed by atoms with van der Waals surface area (Å²) in [6.07, 6.45) is 4.98. The molecule has 1 aliphatic rings. The molecule has 7 heteroatoms. The Kier molecular flexibility index (Phi) is 5.46. The average molecular weight is 375 g/mol. The maximum atomic E-state index is 11.6. The van der Waals surface area contributed by atoms with Crippen molar-refractivity contribution < 1.29 is 8.42 Å². The molecule has 0 aliphatic carbocycles. The first-order valence-electron chi connectivity index (χ1n) is 8.85. The molecule has 2 heterocycles. The van der Waals surface area contributed by atoms with Gasteiger partial charge < -0.3 is 9.80 Å². The third-order valence-electron chi connectivity index (χ3n) is 4.66. The van der Waals surface area contributed by atoms with Crippen LogP contribution >= 0.6 is 0 Å². The highest BCUT2D eigenvalue weighted by molar-refractivity contribution is 7.90. The summed E-state index contributed by atoms with van der Waals surface area (Å²) in [4.78, 5) is 13.3. The van der Waals surface area contributed by atoms with Crippen LogP contribution in [0.2, 0.25) is 0 Å². The summed E-state index contributed by atoms with van der Waals surface area (Å²) >= 11 is 0. The summed E-state index contributed by atoms with van der Waals surface area (Å²) in [5.41, 5.74) is 3.07. The van der Waals surface area contributed by atoms with Gasteiger partial charge in [0.25, 0.3) is 0 Å². The number of anilines is 2. The van der Waals surface area contributed by atoms with Gasteiger partial charge in [-0.15, -0.1) is 0 Å². The highest BCUT2D eigenvalue weighted by Gasteiger charge is 2.24. The number of rotatable bonds is 5. The number of aromatic nitrogens is 2. The van der Waals surface area contributed by atoms with Crippen LogP contribution in [0.25, 0.3) is 11.3 Å². The molecule has 0 radical (unpaired) electrons. The molecule has 3 rings (SSSR count). The smallest absolute Gasteiger partial charge is 0.225 e. The van der Waals surface area contributed by atoms with E-state index in [-0.39, 0.29) is 11.7 Å². The first-order chi connectivity index (χ1) is 12.3. The van der Waals surface area contributed by atoms with Crippen LogP contribution < -0.4 is 9.80 Å². The van der Waals surface area contributed by atoms with Crippen LogP contribution in [0, 0.1) is 5.92 Å². The van der Waals surface area contributed by atoms with Crippen molar-refractivity contribution in [1.82, 2.24) is 9.97 Å². The summed E-state index contributed by atoms with van der Waals surface area (Å²) in [6, 6.07) is 10.2. The average Bonchev–Trinajstić information content (AvgIpc) is 2.61. The Bertz CT molecular complexity index is 850. The van der Waals surface area contributed by atoms with Crippen LogP contribution in [-0.2, 0) is 9.84 Å². The molecule has 1 atom stereocenters. The Morgan fingerprint density at radius 3 is 2.58 bits per heavy atom. The lowest BCUT2D eigenvalue weighted by atomic mass is 10.0. The van der Waals surface area contributed by atoms with Crippen molar-refractivity contribution in [1.29, 1.82) is 0 Å². The molecule has 0 saturated carbocycles. The van der Waals surface area contributed by atoms with Crippen molar-refractivity contribution in [2.45, 2.75) is 12.8 Å². The third-order valence-corrected chi connectivity index (χ3v) is 5.74. The standard InChI is InChI=1S/C19H26N4O2S/c1-22(2)17-8-6-16(7-9-17)18-10-11-20-19(21-18)23-12-4-5-15(13-23)14-26(3,24)25/h6-11,15H,4-5,12-14H2,1-3H3. The van der Waals surface area contributed by atoms with Crippen molar-refractivity contribution in [3.63, 3.8) is 0 Å². The quantitative estimate of drug-likeness (QED) is 0.801. The van der Waals surface area contributed by atoms with Gasteiger partial charge in [-0.3, -0.25) is 0 Å². The number of piperidine rings is 1. The van der Waals surface area contributed by atoms with Gasteiger partial charge in [-0.2, -0.15) is 0 Å². The summed E-state index contributed by atoms with van der Waals surface area (Å²) < 4.78 is 23.2. The highest BCUT2D eigenvalue weighted by Crippen LogP contribution is 2.25. The van der Waals surface area contributed by atoms with Gasteiger partial charge in [-0.1, -0.05) is 12.1 Å². The van der Waals surface area contributed by atoms with Crippen LogP contribution in [0.5, 0.6) is 0 Å². The molecule has 6 nitrogen and oxygen atoms in total. The van der Waals surface area contributed by atoms with E-state index in [2.05, 4.69) is 39.0 Å². The van der Waals surface area contributed by atoms with Gasteiger partial charge in [0.1, 0.15) is 9.84 Å². The Morgan fingerprint density at radius 1 is 1.19 bits per heavy atom. The van der Waals surface area contributed by atoms with Gasteiger partial charge in [0.05, 0.1) is 11.4 Å². The zero-order valence-electron chi connectivity index (χ0n) is 15.6. The van der Waals surface area contributed by atoms with Crippen LogP contribution in [0.3, 0.4) is 0 Å². The Balaban J connectivity index is 1.78. The zero-order valence-corrected chi connectivity index (χ0v) is 16.4. The summed E-state index contributed by atoms with van der Waals surface area (Å²) in [5.74, 6) is 1.05. The van der Waals surface area contributed by atoms with Crippen molar-refractivity contribution in [2.75, 3.05) is 49.0 Å². The van der Waals surface area contributed by atoms with E-state index in [0.717, 1.165) is 36.3 Å². The Labute approximate surface area is 155 Å². The summed E-state index contributed by atoms with van der Waals surface area (Å²) in [6.45, 7) is 1.55.